The van der Waals surface area contributed by atoms with Crippen LogP contribution < -0.4 is 4.74 Å². The topological polar surface area (TPSA) is 22.1 Å². The first-order valence-electron chi connectivity index (χ1n) is 5.64. The molecule has 0 N–H and O–H groups in total. The van der Waals surface area contributed by atoms with Crippen LogP contribution >= 0.6 is 0 Å². The SMILES string of the molecule is CC.CC.COc1c(C)cc(C)nc1C. The number of ether oxygens (including phenoxy) is 1. The minimum absolute atomic E-state index is 0.899. The smallest absolute Gasteiger partial charge is 0.142 e. The van der Waals surface area contributed by atoms with E-state index in [1.807, 2.05) is 54.5 Å². The molecule has 0 saturated carbocycles. The number of hydrogen-bond acceptors (Lipinski definition) is 2. The van der Waals surface area contributed by atoms with Crippen LogP contribution in [0.15, 0.2) is 6.07 Å². The molecule has 2 heteroatoms. The second kappa shape index (κ2) is 9.50. The van der Waals surface area contributed by atoms with Crippen LogP contribution in [0.25, 0.3) is 0 Å². The van der Waals surface area contributed by atoms with Gasteiger partial charge < -0.3 is 4.74 Å². The van der Waals surface area contributed by atoms with Crippen LogP contribution in [0.4, 0.5) is 0 Å². The normalized spacial score (nSPS) is 8.00. The van der Waals surface area contributed by atoms with Crippen molar-refractivity contribution in [2.24, 2.45) is 0 Å². The van der Waals surface area contributed by atoms with Crippen molar-refractivity contribution in [1.29, 1.82) is 0 Å². The minimum Gasteiger partial charge on any atom is -0.495 e. The fraction of sp³-hybridized carbons (Fsp3) is 0.615. The third-order valence-corrected chi connectivity index (χ3v) is 1.66. The average Bonchev–Trinajstić information content (AvgIpc) is 2.23. The summed E-state index contributed by atoms with van der Waals surface area (Å²) in [6, 6.07) is 2.02. The highest BCUT2D eigenvalue weighted by atomic mass is 16.5. The van der Waals surface area contributed by atoms with Crippen molar-refractivity contribution in [2.45, 2.75) is 48.5 Å². The second-order valence-corrected chi connectivity index (χ2v) is 2.70. The van der Waals surface area contributed by atoms with Gasteiger partial charge in [-0.2, -0.15) is 0 Å². The van der Waals surface area contributed by atoms with Crippen LogP contribution in [0.5, 0.6) is 5.75 Å². The Morgan fingerprint density at radius 2 is 1.47 bits per heavy atom. The molecule has 15 heavy (non-hydrogen) atoms. The zero-order valence-corrected chi connectivity index (χ0v) is 11.4. The van der Waals surface area contributed by atoms with Crippen molar-refractivity contribution in [1.82, 2.24) is 4.98 Å². The van der Waals surface area contributed by atoms with Gasteiger partial charge in [0, 0.05) is 5.69 Å². The zero-order chi connectivity index (χ0) is 12.4. The Balaban J connectivity index is 0. The molecule has 0 saturated heterocycles. The molecule has 1 aromatic rings. The Morgan fingerprint density at radius 1 is 1.00 bits per heavy atom. The molecule has 0 fully saturated rings. The molecular formula is C13H25NO. The Kier molecular flexibility index (Phi) is 10.4. The summed E-state index contributed by atoms with van der Waals surface area (Å²) in [6.45, 7) is 14.0. The maximum Gasteiger partial charge on any atom is 0.142 e. The van der Waals surface area contributed by atoms with E-state index in [2.05, 4.69) is 4.98 Å². The van der Waals surface area contributed by atoms with Crippen molar-refractivity contribution in [3.63, 3.8) is 0 Å². The van der Waals surface area contributed by atoms with Crippen molar-refractivity contribution < 1.29 is 4.74 Å². The molecule has 1 heterocycles. The third kappa shape index (κ3) is 5.40. The molecule has 0 bridgehead atoms. The lowest BCUT2D eigenvalue weighted by Gasteiger charge is -2.07. The summed E-state index contributed by atoms with van der Waals surface area (Å²) < 4.78 is 5.17. The molecule has 0 aliphatic rings. The van der Waals surface area contributed by atoms with Crippen LogP contribution in [0.2, 0.25) is 0 Å². The number of aryl methyl sites for hydroxylation is 3. The molecule has 1 rings (SSSR count). The van der Waals surface area contributed by atoms with Crippen LogP contribution in [0, 0.1) is 20.8 Å². The van der Waals surface area contributed by atoms with Gasteiger partial charge in [-0.25, -0.2) is 0 Å². The molecule has 0 aliphatic carbocycles. The molecule has 0 aliphatic heterocycles. The van der Waals surface area contributed by atoms with Gasteiger partial charge in [0.2, 0.25) is 0 Å². The first kappa shape index (κ1) is 16.4. The molecule has 1 aromatic heterocycles. The van der Waals surface area contributed by atoms with Crippen molar-refractivity contribution >= 4 is 0 Å². The van der Waals surface area contributed by atoms with E-state index in [0.717, 1.165) is 22.7 Å². The second-order valence-electron chi connectivity index (χ2n) is 2.70. The van der Waals surface area contributed by atoms with E-state index in [0.29, 0.717) is 0 Å². The van der Waals surface area contributed by atoms with Gasteiger partial charge in [0.15, 0.2) is 0 Å². The van der Waals surface area contributed by atoms with E-state index >= 15 is 0 Å². The summed E-state index contributed by atoms with van der Waals surface area (Å²) in [4.78, 5) is 4.28. The van der Waals surface area contributed by atoms with Crippen LogP contribution in [-0.2, 0) is 0 Å². The number of hydrogen-bond donors (Lipinski definition) is 0. The standard InChI is InChI=1S/C9H13NO.2C2H6/c1-6-5-7(2)10-8(3)9(6)11-4;2*1-2/h5H,1-4H3;2*1-2H3. The first-order valence-corrected chi connectivity index (χ1v) is 5.64. The predicted octanol–water partition coefficient (Wildman–Crippen LogP) is 4.07. The number of aromatic nitrogens is 1. The number of rotatable bonds is 1. The maximum atomic E-state index is 5.17. The fourth-order valence-electron chi connectivity index (χ4n) is 1.32. The average molecular weight is 211 g/mol. The highest BCUT2D eigenvalue weighted by Gasteiger charge is 2.03. The van der Waals surface area contributed by atoms with Gasteiger partial charge in [0.25, 0.3) is 0 Å². The molecule has 0 radical (unpaired) electrons. The highest BCUT2D eigenvalue weighted by Crippen LogP contribution is 2.20. The van der Waals surface area contributed by atoms with Crippen molar-refractivity contribution in [3.05, 3.63) is 23.0 Å². The molecule has 0 aromatic carbocycles. The Bertz CT molecular complexity index is 246. The quantitative estimate of drug-likeness (QED) is 0.698. The largest absolute Gasteiger partial charge is 0.495 e. The molecule has 0 spiro atoms. The number of nitrogens with zero attached hydrogens (tertiary/aromatic N) is 1. The Morgan fingerprint density at radius 3 is 1.80 bits per heavy atom. The molecule has 0 atom stereocenters. The fourth-order valence-corrected chi connectivity index (χ4v) is 1.32. The Labute approximate surface area is 94.7 Å². The van der Waals surface area contributed by atoms with Gasteiger partial charge in [-0.05, 0) is 32.4 Å². The molecule has 0 unspecified atom stereocenters. The van der Waals surface area contributed by atoms with Crippen molar-refractivity contribution in [3.8, 4) is 5.75 Å². The summed E-state index contributed by atoms with van der Waals surface area (Å²) in [5.41, 5.74) is 3.16. The highest BCUT2D eigenvalue weighted by molar-refractivity contribution is 5.36. The van der Waals surface area contributed by atoms with Gasteiger partial charge in [-0.3, -0.25) is 4.98 Å². The lowest BCUT2D eigenvalue weighted by atomic mass is 10.2. The number of pyridine rings is 1. The molecule has 88 valence electrons. The zero-order valence-electron chi connectivity index (χ0n) is 11.4. The summed E-state index contributed by atoms with van der Waals surface area (Å²) in [7, 11) is 1.67. The first-order chi connectivity index (χ1) is 7.15. The van der Waals surface area contributed by atoms with Gasteiger partial charge in [0.1, 0.15) is 5.75 Å². The van der Waals surface area contributed by atoms with E-state index in [9.17, 15) is 0 Å². The minimum atomic E-state index is 0.899. The van der Waals surface area contributed by atoms with Gasteiger partial charge >= 0.3 is 0 Å². The monoisotopic (exact) mass is 211 g/mol. The van der Waals surface area contributed by atoms with Crippen LogP contribution in [0.1, 0.15) is 44.6 Å². The molecule has 2 nitrogen and oxygen atoms in total. The van der Waals surface area contributed by atoms with E-state index in [-0.39, 0.29) is 0 Å². The molecular weight excluding hydrogens is 186 g/mol. The van der Waals surface area contributed by atoms with Gasteiger partial charge in [0.05, 0.1) is 12.8 Å². The van der Waals surface area contributed by atoms with E-state index in [1.54, 1.807) is 7.11 Å². The lowest BCUT2D eigenvalue weighted by molar-refractivity contribution is 0.405. The van der Waals surface area contributed by atoms with Gasteiger partial charge in [-0.15, -0.1) is 0 Å². The Hall–Kier alpha value is -1.05. The number of methoxy groups -OCH3 is 1. The summed E-state index contributed by atoms with van der Waals surface area (Å²) in [5.74, 6) is 0.899. The summed E-state index contributed by atoms with van der Waals surface area (Å²) in [5, 5.41) is 0. The maximum absolute atomic E-state index is 5.17. The predicted molar refractivity (Wildman–Crippen MR) is 67.7 cm³/mol. The van der Waals surface area contributed by atoms with Crippen LogP contribution in [-0.4, -0.2) is 12.1 Å². The van der Waals surface area contributed by atoms with Crippen molar-refractivity contribution in [2.75, 3.05) is 7.11 Å². The van der Waals surface area contributed by atoms with E-state index in [4.69, 9.17) is 4.74 Å². The van der Waals surface area contributed by atoms with E-state index in [1.165, 1.54) is 0 Å². The van der Waals surface area contributed by atoms with Crippen LogP contribution in [0.3, 0.4) is 0 Å². The lowest BCUT2D eigenvalue weighted by Crippen LogP contribution is -1.95. The molecule has 0 amide bonds. The third-order valence-electron chi connectivity index (χ3n) is 1.66. The summed E-state index contributed by atoms with van der Waals surface area (Å²) >= 11 is 0. The van der Waals surface area contributed by atoms with E-state index < -0.39 is 0 Å². The summed E-state index contributed by atoms with van der Waals surface area (Å²) in [6.07, 6.45) is 0. The van der Waals surface area contributed by atoms with Gasteiger partial charge in [-0.1, -0.05) is 27.7 Å².